The third-order valence-corrected chi connectivity index (χ3v) is 2.83. The number of hydrogen-bond acceptors (Lipinski definition) is 3. The molecule has 1 N–H and O–H groups in total. The second-order valence-electron chi connectivity index (χ2n) is 4.91. The molecule has 0 bridgehead atoms. The number of rotatable bonds is 7. The minimum atomic E-state index is 0.551. The number of aromatic nitrogens is 3. The van der Waals surface area contributed by atoms with Crippen molar-refractivity contribution >= 4 is 0 Å². The van der Waals surface area contributed by atoms with Crippen molar-refractivity contribution in [3.63, 3.8) is 0 Å². The van der Waals surface area contributed by atoms with Gasteiger partial charge in [-0.15, -0.1) is 0 Å². The number of nitrogens with zero attached hydrogens (tertiary/aromatic N) is 3. The van der Waals surface area contributed by atoms with Gasteiger partial charge in [-0.05, 0) is 19.3 Å². The maximum Gasteiger partial charge on any atom is 0.140 e. The van der Waals surface area contributed by atoms with Crippen LogP contribution in [0.25, 0.3) is 0 Å². The molecule has 1 aromatic rings. The fourth-order valence-corrected chi connectivity index (χ4v) is 1.68. The molecule has 92 valence electrons. The lowest BCUT2D eigenvalue weighted by atomic mass is 10.0. The molecule has 0 saturated heterocycles. The summed E-state index contributed by atoms with van der Waals surface area (Å²) in [6.45, 7) is 7.59. The summed E-state index contributed by atoms with van der Waals surface area (Å²) in [4.78, 5) is 4.19. The van der Waals surface area contributed by atoms with Crippen molar-refractivity contribution in [2.45, 2.75) is 52.6 Å². The zero-order chi connectivity index (χ0) is 12.0. The molecule has 0 aliphatic rings. The summed E-state index contributed by atoms with van der Waals surface area (Å²) in [7, 11) is 1.92. The van der Waals surface area contributed by atoms with E-state index < -0.39 is 0 Å². The molecule has 0 saturated carbocycles. The van der Waals surface area contributed by atoms with Crippen molar-refractivity contribution < 1.29 is 0 Å². The van der Waals surface area contributed by atoms with Crippen molar-refractivity contribution in [3.8, 4) is 0 Å². The lowest BCUT2D eigenvalue weighted by Gasteiger charge is -2.13. The van der Waals surface area contributed by atoms with Crippen LogP contribution in [0.15, 0.2) is 6.33 Å². The highest BCUT2D eigenvalue weighted by Gasteiger charge is 2.05. The van der Waals surface area contributed by atoms with Crippen LogP contribution in [0.2, 0.25) is 0 Å². The summed E-state index contributed by atoms with van der Waals surface area (Å²) in [5.74, 6) is 1.81. The van der Waals surface area contributed by atoms with Gasteiger partial charge in [0, 0.05) is 13.1 Å². The molecular weight excluding hydrogens is 200 g/mol. The van der Waals surface area contributed by atoms with Crippen LogP contribution in [0.1, 0.15) is 45.9 Å². The molecule has 16 heavy (non-hydrogen) atoms. The Hall–Kier alpha value is -0.900. The van der Waals surface area contributed by atoms with Gasteiger partial charge in [0.1, 0.15) is 12.2 Å². The Morgan fingerprint density at radius 1 is 1.31 bits per heavy atom. The van der Waals surface area contributed by atoms with E-state index in [9.17, 15) is 0 Å². The van der Waals surface area contributed by atoms with E-state index in [1.807, 2.05) is 11.7 Å². The van der Waals surface area contributed by atoms with E-state index in [-0.39, 0.29) is 0 Å². The van der Waals surface area contributed by atoms with Gasteiger partial charge in [0.05, 0.1) is 6.54 Å². The standard InChI is InChI=1S/C12H24N4/c1-10(2)6-5-7-11(3)13-8-12-14-9-15-16(12)4/h9-11,13H,5-8H2,1-4H3. The maximum atomic E-state index is 4.19. The highest BCUT2D eigenvalue weighted by molar-refractivity contribution is 4.83. The molecule has 1 rings (SSSR count). The van der Waals surface area contributed by atoms with Gasteiger partial charge < -0.3 is 5.32 Å². The average molecular weight is 224 g/mol. The Morgan fingerprint density at radius 2 is 2.06 bits per heavy atom. The largest absolute Gasteiger partial charge is 0.307 e. The van der Waals surface area contributed by atoms with E-state index in [0.29, 0.717) is 6.04 Å². The van der Waals surface area contributed by atoms with Gasteiger partial charge in [0.25, 0.3) is 0 Å². The van der Waals surface area contributed by atoms with E-state index in [4.69, 9.17) is 0 Å². The topological polar surface area (TPSA) is 42.7 Å². The average Bonchev–Trinajstić information content (AvgIpc) is 2.60. The van der Waals surface area contributed by atoms with Crippen molar-refractivity contribution in [1.29, 1.82) is 0 Å². The molecule has 4 nitrogen and oxygen atoms in total. The molecule has 0 spiro atoms. The highest BCUT2D eigenvalue weighted by atomic mass is 15.3. The van der Waals surface area contributed by atoms with Crippen LogP contribution in [-0.2, 0) is 13.6 Å². The summed E-state index contributed by atoms with van der Waals surface area (Å²) in [6.07, 6.45) is 5.44. The van der Waals surface area contributed by atoms with Crippen LogP contribution in [-0.4, -0.2) is 20.8 Å². The first-order valence-electron chi connectivity index (χ1n) is 6.16. The Kier molecular flexibility index (Phi) is 5.46. The van der Waals surface area contributed by atoms with Crippen LogP contribution in [0.3, 0.4) is 0 Å². The molecule has 0 amide bonds. The predicted molar refractivity (Wildman–Crippen MR) is 66.0 cm³/mol. The van der Waals surface area contributed by atoms with E-state index in [2.05, 4.69) is 36.2 Å². The summed E-state index contributed by atoms with van der Waals surface area (Å²) < 4.78 is 1.81. The Bertz CT molecular complexity index is 293. The smallest absolute Gasteiger partial charge is 0.140 e. The number of hydrogen-bond donors (Lipinski definition) is 1. The molecule has 1 unspecified atom stereocenters. The monoisotopic (exact) mass is 224 g/mol. The van der Waals surface area contributed by atoms with E-state index >= 15 is 0 Å². The molecular formula is C12H24N4. The second-order valence-corrected chi connectivity index (χ2v) is 4.91. The lowest BCUT2D eigenvalue weighted by Crippen LogP contribution is -2.26. The number of aryl methyl sites for hydroxylation is 1. The predicted octanol–water partition coefficient (Wildman–Crippen LogP) is 2.12. The van der Waals surface area contributed by atoms with Gasteiger partial charge in [-0.25, -0.2) is 4.98 Å². The molecule has 0 aromatic carbocycles. The highest BCUT2D eigenvalue weighted by Crippen LogP contribution is 2.08. The second kappa shape index (κ2) is 6.63. The van der Waals surface area contributed by atoms with Gasteiger partial charge in [0.15, 0.2) is 0 Å². The summed E-state index contributed by atoms with van der Waals surface area (Å²) >= 11 is 0. The summed E-state index contributed by atoms with van der Waals surface area (Å²) in [5.41, 5.74) is 0. The van der Waals surface area contributed by atoms with Gasteiger partial charge >= 0.3 is 0 Å². The van der Waals surface area contributed by atoms with E-state index in [0.717, 1.165) is 18.3 Å². The van der Waals surface area contributed by atoms with Gasteiger partial charge in [0.2, 0.25) is 0 Å². The molecule has 0 aliphatic carbocycles. The molecule has 0 radical (unpaired) electrons. The van der Waals surface area contributed by atoms with Crippen LogP contribution >= 0.6 is 0 Å². The summed E-state index contributed by atoms with van der Waals surface area (Å²) in [5, 5.41) is 7.52. The molecule has 0 fully saturated rings. The van der Waals surface area contributed by atoms with Crippen molar-refractivity contribution in [2.24, 2.45) is 13.0 Å². The Morgan fingerprint density at radius 3 is 2.62 bits per heavy atom. The van der Waals surface area contributed by atoms with E-state index in [1.54, 1.807) is 6.33 Å². The first-order valence-corrected chi connectivity index (χ1v) is 6.16. The van der Waals surface area contributed by atoms with Crippen molar-refractivity contribution in [3.05, 3.63) is 12.2 Å². The zero-order valence-electron chi connectivity index (χ0n) is 10.9. The minimum Gasteiger partial charge on any atom is -0.307 e. The molecule has 4 heteroatoms. The third-order valence-electron chi connectivity index (χ3n) is 2.83. The van der Waals surface area contributed by atoms with Crippen molar-refractivity contribution in [2.75, 3.05) is 0 Å². The van der Waals surface area contributed by atoms with Gasteiger partial charge in [-0.3, -0.25) is 4.68 Å². The number of nitrogens with one attached hydrogen (secondary N) is 1. The van der Waals surface area contributed by atoms with Crippen molar-refractivity contribution in [1.82, 2.24) is 20.1 Å². The molecule has 0 aliphatic heterocycles. The van der Waals surface area contributed by atoms with Crippen LogP contribution in [0, 0.1) is 5.92 Å². The van der Waals surface area contributed by atoms with Crippen LogP contribution in [0.4, 0.5) is 0 Å². The maximum absolute atomic E-state index is 4.19. The quantitative estimate of drug-likeness (QED) is 0.771. The van der Waals surface area contributed by atoms with Gasteiger partial charge in [-0.1, -0.05) is 26.7 Å². The lowest BCUT2D eigenvalue weighted by molar-refractivity contribution is 0.448. The summed E-state index contributed by atoms with van der Waals surface area (Å²) in [6, 6.07) is 0.551. The third kappa shape index (κ3) is 4.75. The minimum absolute atomic E-state index is 0.551. The SMILES string of the molecule is CC(C)CCCC(C)NCc1ncnn1C. The first kappa shape index (κ1) is 13.2. The Balaban J connectivity index is 2.15. The van der Waals surface area contributed by atoms with Gasteiger partial charge in [-0.2, -0.15) is 5.10 Å². The molecule has 1 heterocycles. The first-order chi connectivity index (χ1) is 7.59. The van der Waals surface area contributed by atoms with Crippen LogP contribution in [0.5, 0.6) is 0 Å². The fraction of sp³-hybridized carbons (Fsp3) is 0.833. The Labute approximate surface area is 98.5 Å². The fourth-order valence-electron chi connectivity index (χ4n) is 1.68. The van der Waals surface area contributed by atoms with Crippen LogP contribution < -0.4 is 5.32 Å². The normalized spacial score (nSPS) is 13.3. The molecule has 1 aromatic heterocycles. The zero-order valence-corrected chi connectivity index (χ0v) is 10.9. The molecule has 1 atom stereocenters. The van der Waals surface area contributed by atoms with E-state index in [1.165, 1.54) is 19.3 Å².